The van der Waals surface area contributed by atoms with Crippen LogP contribution in [-0.4, -0.2) is 76.5 Å². The summed E-state index contributed by atoms with van der Waals surface area (Å²) in [6.45, 7) is 20.4. The molecule has 1 saturated heterocycles. The number of aliphatic hydroxyl groups excluding tert-OH is 1. The third kappa shape index (κ3) is 6.05. The number of carbonyl (C=O) groups is 3. The van der Waals surface area contributed by atoms with Crippen molar-refractivity contribution in [3.63, 3.8) is 0 Å². The number of hydrogen-bond acceptors (Lipinski definition) is 5. The number of carbonyl (C=O) groups excluding carboxylic acids is 2. The molecule has 1 aromatic carbocycles. The van der Waals surface area contributed by atoms with Gasteiger partial charge in [-0.25, -0.2) is 4.79 Å². The summed E-state index contributed by atoms with van der Waals surface area (Å²) in [5.41, 5.74) is 4.61. The van der Waals surface area contributed by atoms with Gasteiger partial charge >= 0.3 is 5.97 Å². The number of likely N-dealkylation sites (tertiary alicyclic amines) is 1. The van der Waals surface area contributed by atoms with Crippen molar-refractivity contribution in [3.05, 3.63) is 52.6 Å². The Hall–Kier alpha value is -2.77. The lowest BCUT2D eigenvalue weighted by Gasteiger charge is -2.71. The highest BCUT2D eigenvalue weighted by molar-refractivity contribution is 6.01. The predicted octanol–water partition coefficient (Wildman–Crippen LogP) is 9.05. The maximum atomic E-state index is 14.3. The quantitative estimate of drug-likeness (QED) is 0.248. The normalized spacial score (nSPS) is 37.5. The highest BCUT2D eigenvalue weighted by Crippen LogP contribution is 2.77. The van der Waals surface area contributed by atoms with E-state index in [0.29, 0.717) is 42.8 Å². The van der Waals surface area contributed by atoms with Crippen LogP contribution < -0.4 is 0 Å². The average molecular weight is 753 g/mol. The van der Waals surface area contributed by atoms with Crippen molar-refractivity contribution in [2.24, 2.45) is 56.7 Å². The molecule has 0 aromatic heterocycles. The fraction of sp³-hybridized carbons (Fsp3) is 0.729. The van der Waals surface area contributed by atoms with Crippen LogP contribution in [0, 0.1) is 56.7 Å². The molecule has 1 aromatic rings. The maximum absolute atomic E-state index is 14.3. The second-order valence-corrected chi connectivity index (χ2v) is 21.0. The van der Waals surface area contributed by atoms with Crippen LogP contribution in [0.4, 0.5) is 0 Å². The lowest BCUT2D eigenvalue weighted by molar-refractivity contribution is -0.200. The van der Waals surface area contributed by atoms with Crippen LogP contribution >= 0.6 is 0 Å². The fourth-order valence-corrected chi connectivity index (χ4v) is 14.5. The van der Waals surface area contributed by atoms with Crippen molar-refractivity contribution in [1.29, 1.82) is 0 Å². The van der Waals surface area contributed by atoms with Crippen molar-refractivity contribution < 1.29 is 24.6 Å². The molecule has 300 valence electrons. The lowest BCUT2D eigenvalue weighted by atomic mass is 9.33. The van der Waals surface area contributed by atoms with Crippen LogP contribution in [-0.2, 0) is 9.59 Å². The third-order valence-corrected chi connectivity index (χ3v) is 17.6. The molecule has 1 aliphatic heterocycles. The number of aliphatic hydroxyl groups is 1. The van der Waals surface area contributed by atoms with E-state index in [0.717, 1.165) is 101 Å². The van der Waals surface area contributed by atoms with Crippen molar-refractivity contribution in [1.82, 2.24) is 9.80 Å². The number of carboxylic acids is 1. The molecule has 1 unspecified atom stereocenters. The summed E-state index contributed by atoms with van der Waals surface area (Å²) < 4.78 is 0. The summed E-state index contributed by atoms with van der Waals surface area (Å²) in [6, 6.07) is 7.49. The number of benzene rings is 1. The molecule has 0 bridgehead atoms. The molecule has 1 amide bonds. The van der Waals surface area contributed by atoms with Crippen molar-refractivity contribution >= 4 is 23.2 Å². The molecule has 8 atom stereocenters. The Labute approximate surface area is 330 Å². The summed E-state index contributed by atoms with van der Waals surface area (Å²) in [4.78, 5) is 44.1. The molecule has 7 nitrogen and oxygen atoms in total. The topological polar surface area (TPSA) is 98.2 Å². The van der Waals surface area contributed by atoms with Gasteiger partial charge in [-0.15, -0.1) is 0 Å². The Balaban J connectivity index is 1.11. The number of fused-ring (bicyclic) bond motifs is 7. The van der Waals surface area contributed by atoms with Gasteiger partial charge in [0.15, 0.2) is 5.78 Å². The van der Waals surface area contributed by atoms with E-state index in [1.807, 2.05) is 17.0 Å². The molecule has 0 spiro atoms. The summed E-state index contributed by atoms with van der Waals surface area (Å²) in [7, 11) is 0. The van der Waals surface area contributed by atoms with Crippen molar-refractivity contribution in [3.8, 4) is 0 Å². The van der Waals surface area contributed by atoms with Crippen LogP contribution in [0.3, 0.4) is 0 Å². The monoisotopic (exact) mass is 753 g/mol. The number of nitrogens with zero attached hydrogens (tertiary/aromatic N) is 2. The number of carboxylic acid groups (broad SMARTS) is 1. The number of hydrogen-bond donors (Lipinski definition) is 2. The van der Waals surface area contributed by atoms with Gasteiger partial charge in [0.1, 0.15) is 0 Å². The molecule has 7 aliphatic rings. The Morgan fingerprint density at radius 3 is 2.22 bits per heavy atom. The van der Waals surface area contributed by atoms with Gasteiger partial charge in [0.25, 0.3) is 0 Å². The minimum absolute atomic E-state index is 0.00667. The Bertz CT molecular complexity index is 1780. The standard InChI is InChI=1S/C48H68N2O5/c1-30(2)41-36(51)26-48(39(52)28-50(27-31-10-11-31)40(53)29-49-24-8-9-25-49)23-22-46(6)35(42(41)48)16-17-38-45(5)20-18-34(32-12-14-33(15-13-32)43(54)55)44(3,4)37(45)19-21-47(38,46)7/h12-15,18,30-31,35,37-39,52H,8-11,16-17,19-29H2,1-7H3,(H,54,55)/t35-,37?,38-,39+,45+,46-,47-,48+/m1/s1. The first-order valence-electron chi connectivity index (χ1n) is 22.0. The molecule has 0 radical (unpaired) electrons. The summed E-state index contributed by atoms with van der Waals surface area (Å²) in [5, 5.41) is 22.1. The van der Waals surface area contributed by atoms with Gasteiger partial charge < -0.3 is 15.1 Å². The van der Waals surface area contributed by atoms with Crippen LogP contribution in [0.15, 0.2) is 41.5 Å². The van der Waals surface area contributed by atoms with Gasteiger partial charge in [-0.2, -0.15) is 0 Å². The highest BCUT2D eigenvalue weighted by Gasteiger charge is 2.70. The molecular formula is C48H68N2O5. The second-order valence-electron chi connectivity index (χ2n) is 21.0. The molecule has 5 fully saturated rings. The first kappa shape index (κ1) is 39.1. The molecular weight excluding hydrogens is 685 g/mol. The second kappa shape index (κ2) is 13.7. The number of ketones is 1. The average Bonchev–Trinajstić information content (AvgIpc) is 3.68. The van der Waals surface area contributed by atoms with E-state index in [1.165, 1.54) is 11.1 Å². The Morgan fingerprint density at radius 1 is 0.891 bits per heavy atom. The zero-order valence-corrected chi connectivity index (χ0v) is 34.9. The SMILES string of the molecule is CC(C)C1=C2[C@H]3CC[C@@H]4[C@@]5(C)CC=C(c6ccc(C(=O)O)cc6)C(C)(C)C5CC[C@@]4(C)[C@]3(C)CC[C@@]2([C@@H](O)CN(CC2CC2)C(=O)CN2CCCC2)CC1=O. The first-order chi connectivity index (χ1) is 26.0. The van der Waals surface area contributed by atoms with Gasteiger partial charge in [0.2, 0.25) is 5.91 Å². The summed E-state index contributed by atoms with van der Waals surface area (Å²) in [5.74, 6) is 1.39. The van der Waals surface area contributed by atoms with Gasteiger partial charge in [-0.3, -0.25) is 14.5 Å². The summed E-state index contributed by atoms with van der Waals surface area (Å²) >= 11 is 0. The van der Waals surface area contributed by atoms with Gasteiger partial charge in [-0.05, 0) is 164 Å². The molecule has 55 heavy (non-hydrogen) atoms. The van der Waals surface area contributed by atoms with E-state index in [-0.39, 0.29) is 45.2 Å². The smallest absolute Gasteiger partial charge is 0.335 e. The number of allylic oxidation sites excluding steroid dienone is 3. The minimum atomic E-state index is -0.891. The minimum Gasteiger partial charge on any atom is -0.478 e. The zero-order chi connectivity index (χ0) is 39.3. The van der Waals surface area contributed by atoms with E-state index in [9.17, 15) is 24.6 Å². The molecule has 2 N–H and O–H groups in total. The largest absolute Gasteiger partial charge is 0.478 e. The summed E-state index contributed by atoms with van der Waals surface area (Å²) in [6.07, 6.45) is 14.0. The molecule has 7 heteroatoms. The van der Waals surface area contributed by atoms with E-state index >= 15 is 0 Å². The first-order valence-corrected chi connectivity index (χ1v) is 22.0. The Kier molecular flexibility index (Phi) is 9.71. The molecule has 6 aliphatic carbocycles. The molecule has 4 saturated carbocycles. The highest BCUT2D eigenvalue weighted by atomic mass is 16.4. The molecule has 8 rings (SSSR count). The maximum Gasteiger partial charge on any atom is 0.335 e. The number of Topliss-reactive ketones (excluding diaryl/α,β-unsaturated/α-hetero) is 1. The molecule has 1 heterocycles. The Morgan fingerprint density at radius 2 is 1.58 bits per heavy atom. The van der Waals surface area contributed by atoms with Gasteiger partial charge in [0, 0.05) is 24.9 Å². The predicted molar refractivity (Wildman–Crippen MR) is 217 cm³/mol. The van der Waals surface area contributed by atoms with Gasteiger partial charge in [0.05, 0.1) is 18.2 Å². The van der Waals surface area contributed by atoms with Crippen LogP contribution in [0.5, 0.6) is 0 Å². The lowest BCUT2D eigenvalue weighted by Crippen LogP contribution is -2.64. The van der Waals surface area contributed by atoms with E-state index in [1.54, 1.807) is 12.1 Å². The van der Waals surface area contributed by atoms with E-state index in [4.69, 9.17) is 0 Å². The number of rotatable bonds is 10. The van der Waals surface area contributed by atoms with E-state index in [2.05, 4.69) is 59.4 Å². The van der Waals surface area contributed by atoms with E-state index < -0.39 is 17.5 Å². The van der Waals surface area contributed by atoms with Crippen LogP contribution in [0.1, 0.15) is 141 Å². The van der Waals surface area contributed by atoms with Crippen molar-refractivity contribution in [2.45, 2.75) is 132 Å². The fourth-order valence-electron chi connectivity index (χ4n) is 14.5. The number of aromatic carboxylic acids is 1. The zero-order valence-electron chi connectivity index (χ0n) is 34.9. The number of amides is 1. The third-order valence-electron chi connectivity index (χ3n) is 17.6. The van der Waals surface area contributed by atoms with Crippen molar-refractivity contribution in [2.75, 3.05) is 32.7 Å². The van der Waals surface area contributed by atoms with Crippen LogP contribution in [0.25, 0.3) is 5.57 Å². The van der Waals surface area contributed by atoms with Gasteiger partial charge in [-0.1, -0.05) is 72.2 Å². The van der Waals surface area contributed by atoms with Crippen LogP contribution in [0.2, 0.25) is 0 Å².